The van der Waals surface area contributed by atoms with Crippen molar-refractivity contribution in [2.75, 3.05) is 30.8 Å². The summed E-state index contributed by atoms with van der Waals surface area (Å²) in [5.74, 6) is 1.85. The maximum absolute atomic E-state index is 6.19. The Balaban J connectivity index is 1.73. The number of rotatable bonds is 8. The number of hydrogen-bond donors (Lipinski definition) is 2. The lowest BCUT2D eigenvalue weighted by Crippen LogP contribution is -2.11. The van der Waals surface area contributed by atoms with Crippen LogP contribution in [0.15, 0.2) is 48.7 Å². The first-order valence-corrected chi connectivity index (χ1v) is 10.9. The minimum Gasteiger partial charge on any atom is -0.384 e. The van der Waals surface area contributed by atoms with Crippen LogP contribution in [0.1, 0.15) is 13.3 Å². The monoisotopic (exact) mass is 439 g/mol. The number of fused-ring (bicyclic) bond motifs is 1. The summed E-state index contributed by atoms with van der Waals surface area (Å²) in [5, 5.41) is 4.11. The van der Waals surface area contributed by atoms with Gasteiger partial charge in [0, 0.05) is 34.8 Å². The maximum atomic E-state index is 6.19. The molecular weight excluding hydrogens is 418 g/mol. The van der Waals surface area contributed by atoms with Gasteiger partial charge in [-0.15, -0.1) is 11.3 Å². The van der Waals surface area contributed by atoms with E-state index in [9.17, 15) is 0 Å². The van der Waals surface area contributed by atoms with Gasteiger partial charge in [0.1, 0.15) is 11.6 Å². The summed E-state index contributed by atoms with van der Waals surface area (Å²) in [6, 6.07) is 13.5. The van der Waals surface area contributed by atoms with Gasteiger partial charge < -0.3 is 15.8 Å². The average Bonchev–Trinajstić information content (AvgIpc) is 3.18. The van der Waals surface area contributed by atoms with Crippen molar-refractivity contribution >= 4 is 44.8 Å². The van der Waals surface area contributed by atoms with Crippen LogP contribution in [0.4, 0.5) is 11.6 Å². The average molecular weight is 440 g/mol. The number of aromatic nitrogens is 3. The van der Waals surface area contributed by atoms with E-state index in [1.807, 2.05) is 30.3 Å². The van der Waals surface area contributed by atoms with Crippen LogP contribution in [0.3, 0.4) is 0 Å². The molecule has 154 valence electrons. The van der Waals surface area contributed by atoms with Gasteiger partial charge in [-0.3, -0.25) is 0 Å². The largest absolute Gasteiger partial charge is 0.384 e. The molecule has 3 aromatic heterocycles. The third-order valence-corrected chi connectivity index (χ3v) is 5.83. The molecule has 0 aliphatic heterocycles. The number of nitrogens with one attached hydrogen (secondary N) is 1. The van der Waals surface area contributed by atoms with Gasteiger partial charge in [-0.25, -0.2) is 15.0 Å². The molecule has 6 nitrogen and oxygen atoms in total. The van der Waals surface area contributed by atoms with Crippen molar-refractivity contribution < 1.29 is 4.74 Å². The SMILES string of the molecule is CCCOCCNc1nc(-c2ccc(N)nc2)nc2cc(-c3cccc(Cl)c3)sc12. The van der Waals surface area contributed by atoms with Crippen molar-refractivity contribution in [3.63, 3.8) is 0 Å². The summed E-state index contributed by atoms with van der Waals surface area (Å²) < 4.78 is 6.58. The Morgan fingerprint density at radius 2 is 2.00 bits per heavy atom. The zero-order chi connectivity index (χ0) is 20.9. The smallest absolute Gasteiger partial charge is 0.163 e. The highest BCUT2D eigenvalue weighted by Gasteiger charge is 2.14. The van der Waals surface area contributed by atoms with Crippen molar-refractivity contribution in [2.24, 2.45) is 0 Å². The minimum atomic E-state index is 0.463. The first-order valence-electron chi connectivity index (χ1n) is 9.75. The van der Waals surface area contributed by atoms with Crippen molar-refractivity contribution in [1.29, 1.82) is 0 Å². The van der Waals surface area contributed by atoms with Crippen molar-refractivity contribution in [3.8, 4) is 21.8 Å². The molecule has 4 aromatic rings. The van der Waals surface area contributed by atoms with Crippen molar-refractivity contribution in [2.45, 2.75) is 13.3 Å². The van der Waals surface area contributed by atoms with E-state index in [4.69, 9.17) is 32.0 Å². The Labute approximate surface area is 184 Å². The van der Waals surface area contributed by atoms with E-state index >= 15 is 0 Å². The number of ether oxygens (including phenoxy) is 1. The molecule has 1 aromatic carbocycles. The fourth-order valence-corrected chi connectivity index (χ4v) is 4.24. The third kappa shape index (κ3) is 4.70. The van der Waals surface area contributed by atoms with Gasteiger partial charge in [0.15, 0.2) is 5.82 Å². The van der Waals surface area contributed by atoms with Crippen LogP contribution >= 0.6 is 22.9 Å². The van der Waals surface area contributed by atoms with E-state index in [0.29, 0.717) is 29.8 Å². The molecule has 30 heavy (non-hydrogen) atoms. The van der Waals surface area contributed by atoms with Crippen LogP contribution in [0.25, 0.3) is 32.0 Å². The number of thiophene rings is 1. The van der Waals surface area contributed by atoms with Crippen LogP contribution in [0.2, 0.25) is 5.02 Å². The number of pyridine rings is 1. The zero-order valence-electron chi connectivity index (χ0n) is 16.6. The number of nitrogen functional groups attached to an aromatic ring is 1. The minimum absolute atomic E-state index is 0.463. The van der Waals surface area contributed by atoms with Gasteiger partial charge in [-0.05, 0) is 42.3 Å². The summed E-state index contributed by atoms with van der Waals surface area (Å²) in [5.41, 5.74) is 8.46. The molecule has 0 unspecified atom stereocenters. The quantitative estimate of drug-likeness (QED) is 0.353. The number of benzene rings is 1. The lowest BCUT2D eigenvalue weighted by Gasteiger charge is -2.09. The first-order chi connectivity index (χ1) is 14.6. The van der Waals surface area contributed by atoms with Crippen molar-refractivity contribution in [1.82, 2.24) is 15.0 Å². The first kappa shape index (κ1) is 20.5. The van der Waals surface area contributed by atoms with E-state index in [1.165, 1.54) is 0 Å². The van der Waals surface area contributed by atoms with Crippen molar-refractivity contribution in [3.05, 3.63) is 53.7 Å². The van der Waals surface area contributed by atoms with E-state index < -0.39 is 0 Å². The molecule has 0 aliphatic rings. The molecule has 0 fully saturated rings. The van der Waals surface area contributed by atoms with Crippen LogP contribution < -0.4 is 11.1 Å². The lowest BCUT2D eigenvalue weighted by atomic mass is 10.2. The van der Waals surface area contributed by atoms with E-state index in [0.717, 1.165) is 45.1 Å². The van der Waals surface area contributed by atoms with Gasteiger partial charge >= 0.3 is 0 Å². The van der Waals surface area contributed by atoms with Gasteiger partial charge in [0.2, 0.25) is 0 Å². The Bertz CT molecular complexity index is 1150. The van der Waals surface area contributed by atoms with Gasteiger partial charge in [-0.1, -0.05) is 30.7 Å². The Hall–Kier alpha value is -2.74. The highest BCUT2D eigenvalue weighted by Crippen LogP contribution is 2.37. The molecule has 0 bridgehead atoms. The molecule has 3 N–H and O–H groups in total. The normalized spacial score (nSPS) is 11.1. The fourth-order valence-electron chi connectivity index (χ4n) is 2.99. The number of nitrogens with zero attached hydrogens (tertiary/aromatic N) is 3. The van der Waals surface area contributed by atoms with Crippen LogP contribution in [0.5, 0.6) is 0 Å². The molecule has 0 aliphatic carbocycles. The molecule has 8 heteroatoms. The number of nitrogens with two attached hydrogens (primary N) is 1. The second-order valence-corrected chi connectivity index (χ2v) is 8.23. The molecule has 0 atom stereocenters. The molecule has 0 saturated heterocycles. The molecule has 4 rings (SSSR count). The summed E-state index contributed by atoms with van der Waals surface area (Å²) >= 11 is 7.82. The highest BCUT2D eigenvalue weighted by molar-refractivity contribution is 7.22. The second-order valence-electron chi connectivity index (χ2n) is 6.74. The molecule has 0 radical (unpaired) electrons. The zero-order valence-corrected chi connectivity index (χ0v) is 18.1. The van der Waals surface area contributed by atoms with Gasteiger partial charge in [0.25, 0.3) is 0 Å². The molecule has 0 spiro atoms. The molecule has 0 saturated carbocycles. The van der Waals surface area contributed by atoms with E-state index in [1.54, 1.807) is 23.6 Å². The highest BCUT2D eigenvalue weighted by atomic mass is 35.5. The Kier molecular flexibility index (Phi) is 6.42. The van der Waals surface area contributed by atoms with Crippen LogP contribution in [0, 0.1) is 0 Å². The lowest BCUT2D eigenvalue weighted by molar-refractivity contribution is 0.144. The van der Waals surface area contributed by atoms with Gasteiger partial charge in [-0.2, -0.15) is 0 Å². The molecule has 0 amide bonds. The predicted molar refractivity (Wildman–Crippen MR) is 125 cm³/mol. The Morgan fingerprint density at radius 3 is 2.77 bits per heavy atom. The van der Waals surface area contributed by atoms with Gasteiger partial charge in [0.05, 0.1) is 16.8 Å². The predicted octanol–water partition coefficient (Wildman–Crippen LogP) is 5.49. The summed E-state index contributed by atoms with van der Waals surface area (Å²) in [6.45, 7) is 4.12. The fraction of sp³-hybridized carbons (Fsp3) is 0.227. The van der Waals surface area contributed by atoms with Crippen LogP contribution in [-0.2, 0) is 4.74 Å². The number of anilines is 2. The van der Waals surface area contributed by atoms with E-state index in [-0.39, 0.29) is 0 Å². The summed E-state index contributed by atoms with van der Waals surface area (Å²) in [7, 11) is 0. The molecular formula is C22H22ClN5OS. The van der Waals surface area contributed by atoms with Crippen LogP contribution in [-0.4, -0.2) is 34.7 Å². The Morgan fingerprint density at radius 1 is 1.10 bits per heavy atom. The second kappa shape index (κ2) is 9.38. The standard InChI is InChI=1S/C22H22ClN5OS/c1-2-9-29-10-8-25-22-20-17(12-18(30-20)14-4-3-5-16(23)11-14)27-21(28-22)15-6-7-19(24)26-13-15/h3-7,11-13H,2,8-10H2,1H3,(H2,24,26)(H,25,27,28). The van der Waals surface area contributed by atoms with E-state index in [2.05, 4.69) is 23.3 Å². The number of halogens is 1. The third-order valence-electron chi connectivity index (χ3n) is 4.41. The molecule has 3 heterocycles. The topological polar surface area (TPSA) is 86.0 Å². The number of hydrogen-bond acceptors (Lipinski definition) is 7. The maximum Gasteiger partial charge on any atom is 0.163 e. The summed E-state index contributed by atoms with van der Waals surface area (Å²) in [6.07, 6.45) is 2.69. The summed E-state index contributed by atoms with van der Waals surface area (Å²) in [4.78, 5) is 14.8.